The second-order valence-corrected chi connectivity index (χ2v) is 15.7. The van der Waals surface area contributed by atoms with Crippen LogP contribution in [-0.2, 0) is 6.67 Å². The lowest BCUT2D eigenvalue weighted by atomic mass is 9.98. The molecular formula is C47H31N3S2. The zero-order chi connectivity index (χ0) is 34.3. The van der Waals surface area contributed by atoms with E-state index in [9.17, 15) is 0 Å². The maximum absolute atomic E-state index is 4.67. The van der Waals surface area contributed by atoms with E-state index in [-0.39, 0.29) is 6.04 Å². The molecule has 0 spiro atoms. The number of aliphatic imine (C=N–C) groups is 1. The Bertz CT molecular complexity index is 3230. The van der Waals surface area contributed by atoms with Crippen molar-refractivity contribution in [2.24, 2.45) is 4.99 Å². The average molecular weight is 702 g/mol. The van der Waals surface area contributed by atoms with E-state index in [2.05, 4.69) is 173 Å². The Morgan fingerprint density at radius 1 is 0.538 bits per heavy atom. The van der Waals surface area contributed by atoms with Gasteiger partial charge < -0.3 is 4.57 Å². The van der Waals surface area contributed by atoms with Gasteiger partial charge in [-0.2, -0.15) is 0 Å². The summed E-state index contributed by atoms with van der Waals surface area (Å²) in [5.74, 6) is 0. The van der Waals surface area contributed by atoms with Gasteiger partial charge in [-0.1, -0.05) is 133 Å². The predicted molar refractivity (Wildman–Crippen MR) is 227 cm³/mol. The van der Waals surface area contributed by atoms with Crippen molar-refractivity contribution in [3.63, 3.8) is 0 Å². The highest BCUT2D eigenvalue weighted by atomic mass is 32.1. The predicted octanol–water partition coefficient (Wildman–Crippen LogP) is 13.5. The van der Waals surface area contributed by atoms with E-state index in [0.717, 1.165) is 11.1 Å². The normalized spacial score (nSPS) is 12.8. The molecule has 0 saturated heterocycles. The van der Waals surface area contributed by atoms with E-state index >= 15 is 0 Å². The molecule has 0 amide bonds. The molecule has 52 heavy (non-hydrogen) atoms. The molecule has 3 heterocycles. The minimum Gasteiger partial charge on any atom is -0.325 e. The quantitative estimate of drug-likeness (QED) is 0.172. The summed E-state index contributed by atoms with van der Waals surface area (Å²) in [4.78, 5) is 5.84. The molecule has 8 aromatic carbocycles. The molecule has 1 N–H and O–H groups in total. The third kappa shape index (κ3) is 4.31. The van der Waals surface area contributed by atoms with Crippen molar-refractivity contribution in [2.45, 2.75) is 12.7 Å². The molecule has 3 nitrogen and oxygen atoms in total. The highest BCUT2D eigenvalue weighted by Gasteiger charge is 2.26. The maximum Gasteiger partial charge on any atom is 0.0859 e. The van der Waals surface area contributed by atoms with Crippen molar-refractivity contribution in [1.29, 1.82) is 0 Å². The van der Waals surface area contributed by atoms with Gasteiger partial charge in [0.2, 0.25) is 0 Å². The van der Waals surface area contributed by atoms with Crippen LogP contribution in [0.3, 0.4) is 0 Å². The summed E-state index contributed by atoms with van der Waals surface area (Å²) >= 11 is 3.72. The molecule has 5 heteroatoms. The van der Waals surface area contributed by atoms with Gasteiger partial charge >= 0.3 is 0 Å². The van der Waals surface area contributed by atoms with Crippen LogP contribution in [0.4, 0.5) is 5.69 Å². The van der Waals surface area contributed by atoms with Crippen molar-refractivity contribution in [3.8, 4) is 0 Å². The number of hydrogen-bond donors (Lipinski definition) is 1. The van der Waals surface area contributed by atoms with E-state index < -0.39 is 0 Å². The highest BCUT2D eigenvalue weighted by molar-refractivity contribution is 7.27. The van der Waals surface area contributed by atoms with Gasteiger partial charge in [0.15, 0.2) is 0 Å². The van der Waals surface area contributed by atoms with Crippen LogP contribution < -0.4 is 5.32 Å². The Morgan fingerprint density at radius 2 is 1.15 bits per heavy atom. The first-order chi connectivity index (χ1) is 25.8. The lowest BCUT2D eigenvalue weighted by molar-refractivity contribution is 0.533. The zero-order valence-corrected chi connectivity index (χ0v) is 29.8. The van der Waals surface area contributed by atoms with Gasteiger partial charge in [-0.3, -0.25) is 10.3 Å². The number of hydrogen-bond acceptors (Lipinski definition) is 4. The lowest BCUT2D eigenvalue weighted by Gasteiger charge is -2.21. The first-order valence-electron chi connectivity index (χ1n) is 17.6. The third-order valence-corrected chi connectivity index (χ3v) is 13.2. The second kappa shape index (κ2) is 11.6. The number of rotatable bonds is 6. The Hall–Kier alpha value is -5.85. The van der Waals surface area contributed by atoms with E-state index in [1.807, 2.05) is 22.7 Å². The van der Waals surface area contributed by atoms with E-state index in [0.29, 0.717) is 6.67 Å². The Balaban J connectivity index is 1.22. The minimum absolute atomic E-state index is 0.122. The molecule has 0 saturated carbocycles. The van der Waals surface area contributed by atoms with Crippen molar-refractivity contribution in [3.05, 3.63) is 162 Å². The number of aromatic nitrogens is 1. The number of thiophene rings is 2. The minimum atomic E-state index is -0.122. The molecule has 0 aliphatic rings. The summed E-state index contributed by atoms with van der Waals surface area (Å²) < 4.78 is 6.42. The number of nitrogens with one attached hydrogen (secondary N) is 1. The standard InChI is InChI=1S/C47H31N3S2/c1-48-43-36-19-9-11-21-39(36)52-47(43)42(31-23-22-28-12-2-3-14-30(28)26-31)49-27-50-44-32-15-5-4-13-29(32)24-25-37(44)40-33-16-6-7-17-34(33)41-35-18-8-10-20-38(35)51-46(41)45(40)50/h2-26,42,49H,1,27H2. The van der Waals surface area contributed by atoms with Crippen molar-refractivity contribution in [2.75, 3.05) is 0 Å². The Kier molecular flexibility index (Phi) is 6.65. The van der Waals surface area contributed by atoms with Crippen molar-refractivity contribution < 1.29 is 0 Å². The van der Waals surface area contributed by atoms with Crippen LogP contribution in [0.5, 0.6) is 0 Å². The van der Waals surface area contributed by atoms with Gasteiger partial charge in [0.1, 0.15) is 0 Å². The van der Waals surface area contributed by atoms with Gasteiger partial charge in [-0.05, 0) is 57.4 Å². The van der Waals surface area contributed by atoms with Crippen LogP contribution >= 0.6 is 22.7 Å². The van der Waals surface area contributed by atoms with Gasteiger partial charge in [-0.15, -0.1) is 22.7 Å². The first kappa shape index (κ1) is 29.8. The largest absolute Gasteiger partial charge is 0.325 e. The molecule has 11 rings (SSSR count). The fourth-order valence-corrected chi connectivity index (χ4v) is 11.1. The van der Waals surface area contributed by atoms with Crippen molar-refractivity contribution in [1.82, 2.24) is 9.88 Å². The summed E-state index contributed by atoms with van der Waals surface area (Å²) in [6, 6.07) is 55.2. The molecule has 1 atom stereocenters. The molecule has 0 radical (unpaired) electrons. The summed E-state index contributed by atoms with van der Waals surface area (Å²) in [5.41, 5.74) is 4.70. The smallest absolute Gasteiger partial charge is 0.0859 e. The van der Waals surface area contributed by atoms with Gasteiger partial charge in [-0.25, -0.2) is 0 Å². The van der Waals surface area contributed by atoms with Crippen LogP contribution in [0.2, 0.25) is 0 Å². The zero-order valence-electron chi connectivity index (χ0n) is 28.1. The van der Waals surface area contributed by atoms with Crippen LogP contribution in [0.15, 0.2) is 157 Å². The van der Waals surface area contributed by atoms with E-state index in [1.54, 1.807) is 0 Å². The Labute approximate surface area is 307 Å². The molecule has 0 aliphatic heterocycles. The average Bonchev–Trinajstić information content (AvgIpc) is 3.88. The fourth-order valence-electron chi connectivity index (χ4n) is 8.53. The number of nitrogens with zero attached hydrogens (tertiary/aromatic N) is 2. The molecule has 0 aliphatic carbocycles. The molecule has 0 fully saturated rings. The Morgan fingerprint density at radius 3 is 1.94 bits per heavy atom. The van der Waals surface area contributed by atoms with Crippen LogP contribution in [-0.4, -0.2) is 11.3 Å². The molecule has 3 aromatic heterocycles. The van der Waals surface area contributed by atoms with Crippen molar-refractivity contribution >= 4 is 119 Å². The van der Waals surface area contributed by atoms with E-state index in [1.165, 1.54) is 89.4 Å². The summed E-state index contributed by atoms with van der Waals surface area (Å²) in [6.45, 7) is 4.67. The van der Waals surface area contributed by atoms with Gasteiger partial charge in [0, 0.05) is 41.7 Å². The van der Waals surface area contributed by atoms with Crippen LogP contribution in [0, 0.1) is 0 Å². The van der Waals surface area contributed by atoms with Crippen LogP contribution in [0.25, 0.3) is 84.4 Å². The summed E-state index contributed by atoms with van der Waals surface area (Å²) in [5, 5.41) is 18.1. The number of fused-ring (bicyclic) bond motifs is 14. The van der Waals surface area contributed by atoms with Gasteiger partial charge in [0.25, 0.3) is 0 Å². The van der Waals surface area contributed by atoms with Crippen LogP contribution in [0.1, 0.15) is 16.5 Å². The SMILES string of the molecule is C=Nc1c(C(NCn2c3c4ccccc4ccc3c3c4ccccc4c4c5ccccc5sc4c32)c2ccc3ccccc3c2)sc2ccccc12. The third-order valence-electron chi connectivity index (χ3n) is 10.8. The molecule has 246 valence electrons. The molecule has 0 bridgehead atoms. The van der Waals surface area contributed by atoms with E-state index in [4.69, 9.17) is 0 Å². The topological polar surface area (TPSA) is 29.3 Å². The summed E-state index contributed by atoms with van der Waals surface area (Å²) in [7, 11) is 0. The highest BCUT2D eigenvalue weighted by Crippen LogP contribution is 2.48. The lowest BCUT2D eigenvalue weighted by Crippen LogP contribution is -2.24. The monoisotopic (exact) mass is 701 g/mol. The fraction of sp³-hybridized carbons (Fsp3) is 0.0426. The maximum atomic E-state index is 4.67. The first-order valence-corrected chi connectivity index (χ1v) is 19.3. The molecular weight excluding hydrogens is 671 g/mol. The van der Waals surface area contributed by atoms with Gasteiger partial charge in [0.05, 0.1) is 39.0 Å². The number of benzene rings is 8. The molecule has 1 unspecified atom stereocenters. The second-order valence-electron chi connectivity index (χ2n) is 13.6. The molecule has 11 aromatic rings. The summed E-state index contributed by atoms with van der Waals surface area (Å²) in [6.07, 6.45) is 0.